The molecule has 0 aliphatic rings. The molecule has 0 atom stereocenters. The van der Waals surface area contributed by atoms with E-state index in [1.165, 1.54) is 12.1 Å². The first kappa shape index (κ1) is 17.4. The zero-order valence-electron chi connectivity index (χ0n) is 12.2. The number of primary sulfonamides is 1. The fourth-order valence-electron chi connectivity index (χ4n) is 1.69. The van der Waals surface area contributed by atoms with Gasteiger partial charge in [-0.15, -0.1) is 0 Å². The van der Waals surface area contributed by atoms with Crippen molar-refractivity contribution in [1.29, 1.82) is 0 Å². The van der Waals surface area contributed by atoms with Crippen molar-refractivity contribution in [3.05, 3.63) is 35.6 Å². The SMILES string of the molecule is CCNC(=NCCS(N)(=O)=O)N(C)Cc1ccc(F)cc1. The summed E-state index contributed by atoms with van der Waals surface area (Å²) in [5, 5.41) is 8.01. The number of hydrogen-bond donors (Lipinski definition) is 2. The van der Waals surface area contributed by atoms with Gasteiger partial charge in [-0.1, -0.05) is 12.1 Å². The zero-order chi connectivity index (χ0) is 15.9. The highest BCUT2D eigenvalue weighted by Crippen LogP contribution is 2.05. The molecule has 1 aromatic carbocycles. The third kappa shape index (κ3) is 7.05. The lowest BCUT2D eigenvalue weighted by molar-refractivity contribution is 0.477. The number of sulfonamides is 1. The third-order valence-corrected chi connectivity index (χ3v) is 3.42. The summed E-state index contributed by atoms with van der Waals surface area (Å²) in [6, 6.07) is 6.18. The maximum Gasteiger partial charge on any atom is 0.210 e. The number of hydrogen-bond acceptors (Lipinski definition) is 3. The molecule has 0 aliphatic heterocycles. The van der Waals surface area contributed by atoms with Gasteiger partial charge in [0.25, 0.3) is 0 Å². The lowest BCUT2D eigenvalue weighted by Gasteiger charge is -2.22. The largest absolute Gasteiger partial charge is 0.357 e. The van der Waals surface area contributed by atoms with Gasteiger partial charge in [-0.3, -0.25) is 4.99 Å². The van der Waals surface area contributed by atoms with E-state index in [4.69, 9.17) is 5.14 Å². The average molecular weight is 316 g/mol. The Bertz CT molecular complexity index is 572. The van der Waals surface area contributed by atoms with Crippen molar-refractivity contribution < 1.29 is 12.8 Å². The predicted molar refractivity (Wildman–Crippen MR) is 81.8 cm³/mol. The third-order valence-electron chi connectivity index (χ3n) is 2.67. The minimum Gasteiger partial charge on any atom is -0.357 e. The summed E-state index contributed by atoms with van der Waals surface area (Å²) < 4.78 is 34.7. The maximum atomic E-state index is 12.9. The number of guanidine groups is 1. The van der Waals surface area contributed by atoms with Crippen LogP contribution >= 0.6 is 0 Å². The Morgan fingerprint density at radius 1 is 1.38 bits per heavy atom. The number of halogens is 1. The van der Waals surface area contributed by atoms with E-state index < -0.39 is 10.0 Å². The average Bonchev–Trinajstić information content (AvgIpc) is 2.39. The molecule has 6 nitrogen and oxygen atoms in total. The second-order valence-electron chi connectivity index (χ2n) is 4.59. The van der Waals surface area contributed by atoms with E-state index in [0.29, 0.717) is 19.0 Å². The molecule has 3 N–H and O–H groups in total. The smallest absolute Gasteiger partial charge is 0.210 e. The number of nitrogens with zero attached hydrogens (tertiary/aromatic N) is 2. The normalized spacial score (nSPS) is 12.3. The molecular weight excluding hydrogens is 295 g/mol. The number of rotatable bonds is 6. The molecule has 8 heteroatoms. The van der Waals surface area contributed by atoms with Crippen LogP contribution in [0.1, 0.15) is 12.5 Å². The predicted octanol–water partition coefficient (Wildman–Crippen LogP) is 0.512. The molecule has 0 radical (unpaired) electrons. The molecule has 0 heterocycles. The Morgan fingerprint density at radius 3 is 2.52 bits per heavy atom. The summed E-state index contributed by atoms with van der Waals surface area (Å²) in [4.78, 5) is 6.04. The van der Waals surface area contributed by atoms with Gasteiger partial charge < -0.3 is 10.2 Å². The Kier molecular flexibility index (Phi) is 6.57. The zero-order valence-corrected chi connectivity index (χ0v) is 13.0. The fourth-order valence-corrected chi connectivity index (χ4v) is 2.03. The number of aliphatic imine (C=N–C) groups is 1. The first-order valence-corrected chi connectivity index (χ1v) is 8.27. The molecule has 0 unspecified atom stereocenters. The van der Waals surface area contributed by atoms with Crippen LogP contribution in [0.25, 0.3) is 0 Å². The van der Waals surface area contributed by atoms with E-state index in [0.717, 1.165) is 5.56 Å². The van der Waals surface area contributed by atoms with Crippen LogP contribution in [0.3, 0.4) is 0 Å². The van der Waals surface area contributed by atoms with Gasteiger partial charge in [0.1, 0.15) is 5.82 Å². The van der Waals surface area contributed by atoms with Gasteiger partial charge in [-0.05, 0) is 24.6 Å². The Hall–Kier alpha value is -1.67. The molecule has 0 saturated heterocycles. The summed E-state index contributed by atoms with van der Waals surface area (Å²) in [7, 11) is -1.70. The first-order valence-electron chi connectivity index (χ1n) is 6.56. The van der Waals surface area contributed by atoms with E-state index in [9.17, 15) is 12.8 Å². The Balaban J connectivity index is 2.69. The van der Waals surface area contributed by atoms with Gasteiger partial charge in [0, 0.05) is 20.1 Å². The van der Waals surface area contributed by atoms with Crippen molar-refractivity contribution in [2.75, 3.05) is 25.9 Å². The van der Waals surface area contributed by atoms with Gasteiger partial charge in [0.05, 0.1) is 12.3 Å². The van der Waals surface area contributed by atoms with Gasteiger partial charge in [0.2, 0.25) is 10.0 Å². The molecule has 1 aromatic rings. The van der Waals surface area contributed by atoms with E-state index >= 15 is 0 Å². The molecule has 0 amide bonds. The van der Waals surface area contributed by atoms with E-state index in [1.54, 1.807) is 12.1 Å². The standard InChI is InChI=1S/C13H21FN4O2S/c1-3-16-13(17-8-9-21(15,19)20)18(2)10-11-4-6-12(14)7-5-11/h4-7H,3,8-10H2,1-2H3,(H,16,17)(H2,15,19,20). The summed E-state index contributed by atoms with van der Waals surface area (Å²) in [5.41, 5.74) is 0.927. The highest BCUT2D eigenvalue weighted by molar-refractivity contribution is 7.89. The molecule has 0 aliphatic carbocycles. The lowest BCUT2D eigenvalue weighted by Crippen LogP contribution is -2.39. The van der Waals surface area contributed by atoms with E-state index in [1.807, 2.05) is 18.9 Å². The Labute approximate surface area is 124 Å². The molecule has 0 spiro atoms. The number of benzene rings is 1. The van der Waals surface area contributed by atoms with Crippen molar-refractivity contribution in [2.45, 2.75) is 13.5 Å². The number of nitrogens with two attached hydrogens (primary N) is 1. The molecular formula is C13H21FN4O2S. The highest BCUT2D eigenvalue weighted by Gasteiger charge is 2.08. The van der Waals surface area contributed by atoms with Gasteiger partial charge >= 0.3 is 0 Å². The summed E-state index contributed by atoms with van der Waals surface area (Å²) in [6.45, 7) is 3.19. The van der Waals surface area contributed by atoms with Crippen LogP contribution in [0.15, 0.2) is 29.3 Å². The van der Waals surface area contributed by atoms with Crippen LogP contribution in [0.4, 0.5) is 4.39 Å². The van der Waals surface area contributed by atoms with Gasteiger partial charge in [-0.25, -0.2) is 17.9 Å². The molecule has 1 rings (SSSR count). The van der Waals surface area contributed by atoms with Gasteiger partial charge in [0.15, 0.2) is 5.96 Å². The summed E-state index contributed by atoms with van der Waals surface area (Å²) in [6.07, 6.45) is 0. The van der Waals surface area contributed by atoms with Gasteiger partial charge in [-0.2, -0.15) is 0 Å². The molecule has 0 aromatic heterocycles. The van der Waals surface area contributed by atoms with Crippen molar-refractivity contribution in [1.82, 2.24) is 10.2 Å². The van der Waals surface area contributed by atoms with E-state index in [-0.39, 0.29) is 18.1 Å². The monoisotopic (exact) mass is 316 g/mol. The summed E-state index contributed by atoms with van der Waals surface area (Å²) in [5.74, 6) is 0.0901. The first-order chi connectivity index (χ1) is 9.81. The lowest BCUT2D eigenvalue weighted by atomic mass is 10.2. The quantitative estimate of drug-likeness (QED) is 0.591. The van der Waals surface area contributed by atoms with Crippen LogP contribution in [-0.4, -0.2) is 45.2 Å². The van der Waals surface area contributed by atoms with Crippen molar-refractivity contribution in [3.63, 3.8) is 0 Å². The second-order valence-corrected chi connectivity index (χ2v) is 6.32. The topological polar surface area (TPSA) is 87.8 Å². The molecule has 0 saturated carbocycles. The van der Waals surface area contributed by atoms with Crippen LogP contribution in [0, 0.1) is 5.82 Å². The van der Waals surface area contributed by atoms with E-state index in [2.05, 4.69) is 10.3 Å². The van der Waals surface area contributed by atoms with Crippen molar-refractivity contribution in [2.24, 2.45) is 10.1 Å². The van der Waals surface area contributed by atoms with Crippen LogP contribution in [-0.2, 0) is 16.6 Å². The van der Waals surface area contributed by atoms with Crippen LogP contribution in [0.2, 0.25) is 0 Å². The van der Waals surface area contributed by atoms with Crippen LogP contribution < -0.4 is 10.5 Å². The fraction of sp³-hybridized carbons (Fsp3) is 0.462. The second kappa shape index (κ2) is 7.94. The van der Waals surface area contributed by atoms with Crippen molar-refractivity contribution in [3.8, 4) is 0 Å². The molecule has 21 heavy (non-hydrogen) atoms. The molecule has 118 valence electrons. The minimum absolute atomic E-state index is 0.0922. The summed E-state index contributed by atoms with van der Waals surface area (Å²) >= 11 is 0. The van der Waals surface area contributed by atoms with Crippen LogP contribution in [0.5, 0.6) is 0 Å². The molecule has 0 fully saturated rings. The number of nitrogens with one attached hydrogen (secondary N) is 1. The Morgan fingerprint density at radius 2 is 2.00 bits per heavy atom. The highest BCUT2D eigenvalue weighted by atomic mass is 32.2. The van der Waals surface area contributed by atoms with Crippen molar-refractivity contribution >= 4 is 16.0 Å². The maximum absolute atomic E-state index is 12.9. The molecule has 0 bridgehead atoms. The minimum atomic E-state index is -3.52.